The van der Waals surface area contributed by atoms with Gasteiger partial charge in [0.25, 0.3) is 0 Å². The number of hydrogen-bond donors (Lipinski definition) is 0. The molecule has 2 unspecified atom stereocenters. The van der Waals surface area contributed by atoms with E-state index in [2.05, 4.69) is 9.47 Å². The summed E-state index contributed by atoms with van der Waals surface area (Å²) in [6, 6.07) is 1.57. The van der Waals surface area contributed by atoms with E-state index in [-0.39, 0.29) is 29.7 Å². The minimum atomic E-state index is -5.45. The van der Waals surface area contributed by atoms with Crippen LogP contribution < -0.4 is 9.47 Å². The Morgan fingerprint density at radius 1 is 0.634 bits per heavy atom. The van der Waals surface area contributed by atoms with Crippen LogP contribution in [0.4, 0.5) is 39.5 Å². The van der Waals surface area contributed by atoms with Crippen LogP contribution in [0.1, 0.15) is 74.8 Å². The van der Waals surface area contributed by atoms with Gasteiger partial charge in [-0.2, -0.15) is 8.78 Å². The highest BCUT2D eigenvalue weighted by atomic mass is 19.4. The molecule has 0 amide bonds. The SMILES string of the molecule is Fc1cc(OC(F)(F)c2c(F)cc(C3CCC(C4CCC(C5CCC5)CO4)CC3)cc2F)cc(F)c1OC(F)(F)F. The fourth-order valence-electron chi connectivity index (χ4n) is 6.39. The van der Waals surface area contributed by atoms with Crippen LogP contribution in [0, 0.1) is 41.0 Å². The maximum absolute atomic E-state index is 14.9. The Morgan fingerprint density at radius 3 is 1.71 bits per heavy atom. The van der Waals surface area contributed by atoms with Gasteiger partial charge in [0.15, 0.2) is 11.6 Å². The molecule has 1 saturated heterocycles. The summed E-state index contributed by atoms with van der Waals surface area (Å²) in [7, 11) is 0. The zero-order valence-electron chi connectivity index (χ0n) is 21.9. The van der Waals surface area contributed by atoms with Gasteiger partial charge in [0.2, 0.25) is 5.75 Å². The molecule has 226 valence electrons. The zero-order chi connectivity index (χ0) is 29.5. The second-order valence-corrected chi connectivity index (χ2v) is 11.3. The van der Waals surface area contributed by atoms with Crippen LogP contribution in [-0.4, -0.2) is 19.1 Å². The Labute approximate surface area is 231 Å². The molecule has 2 aromatic carbocycles. The van der Waals surface area contributed by atoms with Crippen molar-refractivity contribution < 1.29 is 53.7 Å². The Balaban J connectivity index is 1.22. The average Bonchev–Trinajstić information content (AvgIpc) is 2.84. The predicted octanol–water partition coefficient (Wildman–Crippen LogP) is 9.14. The normalized spacial score (nSPS) is 26.0. The van der Waals surface area contributed by atoms with E-state index in [0.717, 1.165) is 50.3 Å². The third-order valence-electron chi connectivity index (χ3n) is 8.72. The van der Waals surface area contributed by atoms with Crippen LogP contribution >= 0.6 is 0 Å². The van der Waals surface area contributed by atoms with Gasteiger partial charge < -0.3 is 14.2 Å². The fraction of sp³-hybridized carbons (Fsp3) is 0.586. The summed E-state index contributed by atoms with van der Waals surface area (Å²) in [5.74, 6) is -8.97. The third kappa shape index (κ3) is 6.73. The highest BCUT2D eigenvalue weighted by molar-refractivity contribution is 5.37. The van der Waals surface area contributed by atoms with Crippen molar-refractivity contribution in [2.75, 3.05) is 6.61 Å². The standard InChI is InChI=1S/C29H29F9O3/c30-21-10-19(16-4-6-17(7-5-16)25-9-8-18(14-39-25)15-2-1-3-15)11-22(31)26(21)28(34,35)40-20-12-23(32)27(24(33)13-20)41-29(36,37)38/h10-13,15-18,25H,1-9,14H2. The minimum Gasteiger partial charge on any atom is -0.429 e. The molecule has 3 aliphatic rings. The van der Waals surface area contributed by atoms with Gasteiger partial charge >= 0.3 is 12.5 Å². The van der Waals surface area contributed by atoms with Crippen molar-refractivity contribution in [2.45, 2.75) is 82.3 Å². The molecule has 2 aromatic rings. The van der Waals surface area contributed by atoms with Gasteiger partial charge in [-0.3, -0.25) is 0 Å². The van der Waals surface area contributed by atoms with Gasteiger partial charge in [0.05, 0.1) is 12.7 Å². The maximum atomic E-state index is 14.9. The highest BCUT2D eigenvalue weighted by Crippen LogP contribution is 2.45. The second-order valence-electron chi connectivity index (χ2n) is 11.3. The lowest BCUT2D eigenvalue weighted by molar-refractivity contribution is -0.276. The lowest BCUT2D eigenvalue weighted by Gasteiger charge is -2.42. The number of halogens is 9. The van der Waals surface area contributed by atoms with Gasteiger partial charge in [-0.1, -0.05) is 19.3 Å². The summed E-state index contributed by atoms with van der Waals surface area (Å²) in [5, 5.41) is 0. The van der Waals surface area contributed by atoms with Crippen molar-refractivity contribution in [3.8, 4) is 11.5 Å². The van der Waals surface area contributed by atoms with Crippen LogP contribution in [0.15, 0.2) is 24.3 Å². The number of rotatable bonds is 7. The molecule has 0 bridgehead atoms. The van der Waals surface area contributed by atoms with Gasteiger partial charge in [0.1, 0.15) is 22.9 Å². The number of hydrogen-bond acceptors (Lipinski definition) is 3. The first-order chi connectivity index (χ1) is 19.3. The predicted molar refractivity (Wildman–Crippen MR) is 128 cm³/mol. The number of benzene rings is 2. The van der Waals surface area contributed by atoms with Crippen LogP contribution in [0.2, 0.25) is 0 Å². The quantitative estimate of drug-likeness (QED) is 0.299. The highest BCUT2D eigenvalue weighted by Gasteiger charge is 2.43. The summed E-state index contributed by atoms with van der Waals surface area (Å²) >= 11 is 0. The van der Waals surface area contributed by atoms with Crippen LogP contribution in [-0.2, 0) is 10.8 Å². The van der Waals surface area contributed by atoms with Crippen molar-refractivity contribution in [3.05, 3.63) is 58.7 Å². The van der Waals surface area contributed by atoms with E-state index in [0.29, 0.717) is 24.7 Å². The molecule has 3 nitrogen and oxygen atoms in total. The monoisotopic (exact) mass is 596 g/mol. The van der Waals surface area contributed by atoms with E-state index in [1.165, 1.54) is 19.3 Å². The van der Waals surface area contributed by atoms with E-state index >= 15 is 0 Å². The van der Waals surface area contributed by atoms with Crippen molar-refractivity contribution in [3.63, 3.8) is 0 Å². The molecule has 2 aliphatic carbocycles. The number of ether oxygens (including phenoxy) is 3. The first-order valence-electron chi connectivity index (χ1n) is 13.7. The van der Waals surface area contributed by atoms with Gasteiger partial charge in [0, 0.05) is 12.1 Å². The van der Waals surface area contributed by atoms with Crippen molar-refractivity contribution >= 4 is 0 Å². The van der Waals surface area contributed by atoms with Crippen LogP contribution in [0.3, 0.4) is 0 Å². The minimum absolute atomic E-state index is 0.00971. The summed E-state index contributed by atoms with van der Waals surface area (Å²) in [6.45, 7) is 0.772. The molecule has 2 atom stereocenters. The molecule has 0 radical (unpaired) electrons. The molecule has 0 N–H and O–H groups in total. The first kappa shape index (κ1) is 29.8. The molecule has 1 heterocycles. The Bertz CT molecular complexity index is 1180. The molecular formula is C29H29F9O3. The second kappa shape index (κ2) is 11.6. The summed E-state index contributed by atoms with van der Waals surface area (Å²) in [5.41, 5.74) is -1.58. The lowest BCUT2D eigenvalue weighted by atomic mass is 9.71. The molecule has 12 heteroatoms. The van der Waals surface area contributed by atoms with Gasteiger partial charge in [-0.15, -0.1) is 13.2 Å². The summed E-state index contributed by atoms with van der Waals surface area (Å²) < 4.78 is 138. The van der Waals surface area contributed by atoms with Gasteiger partial charge in [-0.25, -0.2) is 17.6 Å². The molecule has 0 aromatic heterocycles. The number of alkyl halides is 5. The average molecular weight is 597 g/mol. The van der Waals surface area contributed by atoms with Crippen LogP contribution in [0.25, 0.3) is 0 Å². The van der Waals surface area contributed by atoms with Crippen molar-refractivity contribution in [2.24, 2.45) is 17.8 Å². The molecule has 41 heavy (non-hydrogen) atoms. The molecule has 2 saturated carbocycles. The van der Waals surface area contributed by atoms with E-state index in [1.54, 1.807) is 0 Å². The molecule has 1 aliphatic heterocycles. The first-order valence-corrected chi connectivity index (χ1v) is 13.7. The van der Waals surface area contributed by atoms with Crippen LogP contribution in [0.5, 0.6) is 11.5 Å². The molecule has 3 fully saturated rings. The summed E-state index contributed by atoms with van der Waals surface area (Å²) in [4.78, 5) is 0. The largest absolute Gasteiger partial charge is 0.573 e. The third-order valence-corrected chi connectivity index (χ3v) is 8.72. The summed E-state index contributed by atoms with van der Waals surface area (Å²) in [6.07, 6.45) is -1.30. The van der Waals surface area contributed by atoms with Crippen molar-refractivity contribution in [1.29, 1.82) is 0 Å². The molecule has 0 spiro atoms. The lowest BCUT2D eigenvalue weighted by Crippen LogP contribution is -2.37. The zero-order valence-corrected chi connectivity index (χ0v) is 21.9. The van der Waals surface area contributed by atoms with E-state index < -0.39 is 52.8 Å². The van der Waals surface area contributed by atoms with E-state index in [9.17, 15) is 39.5 Å². The topological polar surface area (TPSA) is 27.7 Å². The van der Waals surface area contributed by atoms with E-state index in [1.807, 2.05) is 0 Å². The Morgan fingerprint density at radius 2 is 1.22 bits per heavy atom. The fourth-order valence-corrected chi connectivity index (χ4v) is 6.39. The Hall–Kier alpha value is -2.63. The Kier molecular flexibility index (Phi) is 8.42. The molecular weight excluding hydrogens is 567 g/mol. The van der Waals surface area contributed by atoms with E-state index in [4.69, 9.17) is 4.74 Å². The molecule has 5 rings (SSSR count). The maximum Gasteiger partial charge on any atom is 0.573 e. The smallest absolute Gasteiger partial charge is 0.429 e. The van der Waals surface area contributed by atoms with Gasteiger partial charge in [-0.05, 0) is 79.9 Å². The van der Waals surface area contributed by atoms with Crippen molar-refractivity contribution in [1.82, 2.24) is 0 Å².